The average Bonchev–Trinajstić information content (AvgIpc) is 2.94. The number of thioether (sulfide) groups is 1. The van der Waals surface area contributed by atoms with Crippen molar-refractivity contribution in [2.45, 2.75) is 40.2 Å². The molecule has 2 amide bonds. The highest BCUT2D eigenvalue weighted by Gasteiger charge is 2.37. The van der Waals surface area contributed by atoms with Crippen molar-refractivity contribution in [3.63, 3.8) is 0 Å². The van der Waals surface area contributed by atoms with Gasteiger partial charge in [0.25, 0.3) is 11.1 Å². The van der Waals surface area contributed by atoms with E-state index in [9.17, 15) is 14.4 Å². The highest BCUT2D eigenvalue weighted by Crippen LogP contribution is 2.39. The van der Waals surface area contributed by atoms with E-state index >= 15 is 0 Å². The Hall–Kier alpha value is -2.00. The number of hydrogen-bond acceptors (Lipinski definition) is 7. The Morgan fingerprint density at radius 3 is 2.55 bits per heavy atom. The first-order chi connectivity index (χ1) is 13.8. The summed E-state index contributed by atoms with van der Waals surface area (Å²) in [5, 5.41) is -0.269. The number of ether oxygens (including phenoxy) is 3. The second-order valence-corrected chi connectivity index (χ2v) is 8.01. The van der Waals surface area contributed by atoms with Crippen molar-refractivity contribution in [2.24, 2.45) is 0 Å². The Morgan fingerprint density at radius 1 is 1.21 bits per heavy atom. The molecule has 1 fully saturated rings. The minimum Gasteiger partial charge on any atom is -0.490 e. The van der Waals surface area contributed by atoms with E-state index in [2.05, 4.69) is 15.9 Å². The van der Waals surface area contributed by atoms with E-state index < -0.39 is 5.97 Å². The first-order valence-corrected chi connectivity index (χ1v) is 10.9. The van der Waals surface area contributed by atoms with E-state index in [0.29, 0.717) is 39.5 Å². The molecule has 0 aliphatic carbocycles. The molecule has 1 saturated heterocycles. The number of imide groups is 1. The number of amides is 2. The molecule has 0 N–H and O–H groups in total. The van der Waals surface area contributed by atoms with Crippen LogP contribution in [0.2, 0.25) is 0 Å². The van der Waals surface area contributed by atoms with Crippen LogP contribution in [0.4, 0.5) is 4.79 Å². The van der Waals surface area contributed by atoms with Crippen LogP contribution in [-0.2, 0) is 14.3 Å². The molecular formula is C20H24BrNO6S. The minimum absolute atomic E-state index is 0.155. The summed E-state index contributed by atoms with van der Waals surface area (Å²) in [6.07, 6.45) is 2.34. The predicted octanol–water partition coefficient (Wildman–Crippen LogP) is 4.62. The monoisotopic (exact) mass is 485 g/mol. The third-order valence-corrected chi connectivity index (χ3v) is 5.60. The highest BCUT2D eigenvalue weighted by atomic mass is 79.9. The Labute approximate surface area is 182 Å². The molecule has 158 valence electrons. The molecule has 9 heteroatoms. The van der Waals surface area contributed by atoms with Crippen LogP contribution in [-0.4, -0.2) is 47.9 Å². The molecular weight excluding hydrogens is 462 g/mol. The van der Waals surface area contributed by atoms with Crippen molar-refractivity contribution in [3.8, 4) is 11.5 Å². The fraction of sp³-hybridized carbons (Fsp3) is 0.450. The van der Waals surface area contributed by atoms with Crippen LogP contribution in [0.15, 0.2) is 21.5 Å². The Morgan fingerprint density at radius 2 is 1.93 bits per heavy atom. The second-order valence-electron chi connectivity index (χ2n) is 6.17. The maximum Gasteiger partial charge on any atom is 0.344 e. The van der Waals surface area contributed by atoms with Gasteiger partial charge in [-0.05, 0) is 78.7 Å². The van der Waals surface area contributed by atoms with Crippen molar-refractivity contribution in [1.29, 1.82) is 0 Å². The lowest BCUT2D eigenvalue weighted by atomic mass is 10.1. The van der Waals surface area contributed by atoms with Gasteiger partial charge in [-0.2, -0.15) is 0 Å². The summed E-state index contributed by atoms with van der Waals surface area (Å²) in [4.78, 5) is 38.0. The largest absolute Gasteiger partial charge is 0.490 e. The average molecular weight is 486 g/mol. The lowest BCUT2D eigenvalue weighted by Gasteiger charge is -2.19. The van der Waals surface area contributed by atoms with Gasteiger partial charge in [-0.15, -0.1) is 0 Å². The topological polar surface area (TPSA) is 82.1 Å². The molecule has 29 heavy (non-hydrogen) atoms. The zero-order valence-electron chi connectivity index (χ0n) is 16.8. The van der Waals surface area contributed by atoms with Gasteiger partial charge in [0.05, 0.1) is 22.6 Å². The van der Waals surface area contributed by atoms with E-state index in [0.717, 1.165) is 11.8 Å². The number of benzene rings is 1. The molecule has 1 heterocycles. The van der Waals surface area contributed by atoms with Crippen LogP contribution < -0.4 is 9.47 Å². The van der Waals surface area contributed by atoms with Crippen LogP contribution in [0.1, 0.15) is 39.7 Å². The minimum atomic E-state index is -0.482. The van der Waals surface area contributed by atoms with Crippen molar-refractivity contribution >= 4 is 50.9 Å². The maximum absolute atomic E-state index is 12.6. The molecule has 1 aliphatic heterocycles. The quantitative estimate of drug-likeness (QED) is 0.372. The highest BCUT2D eigenvalue weighted by molar-refractivity contribution is 9.10. The van der Waals surface area contributed by atoms with Gasteiger partial charge in [0, 0.05) is 6.04 Å². The van der Waals surface area contributed by atoms with Gasteiger partial charge in [0.2, 0.25) is 0 Å². The second kappa shape index (κ2) is 10.7. The van der Waals surface area contributed by atoms with Crippen LogP contribution in [0.25, 0.3) is 6.08 Å². The number of nitrogens with zero attached hydrogens (tertiary/aromatic N) is 1. The number of carbonyl (C=O) groups is 3. The lowest BCUT2D eigenvalue weighted by Crippen LogP contribution is -2.36. The Balaban J connectivity index is 2.30. The van der Waals surface area contributed by atoms with Crippen molar-refractivity contribution in [1.82, 2.24) is 4.90 Å². The summed E-state index contributed by atoms with van der Waals surface area (Å²) in [5.41, 5.74) is 0.665. The van der Waals surface area contributed by atoms with Crippen LogP contribution in [0.3, 0.4) is 0 Å². The molecule has 0 radical (unpaired) electrons. The fourth-order valence-electron chi connectivity index (χ4n) is 2.60. The van der Waals surface area contributed by atoms with Gasteiger partial charge >= 0.3 is 5.97 Å². The smallest absolute Gasteiger partial charge is 0.344 e. The normalized spacial score (nSPS) is 16.3. The number of rotatable bonds is 9. The molecule has 0 unspecified atom stereocenters. The first kappa shape index (κ1) is 23.3. The van der Waals surface area contributed by atoms with Crippen molar-refractivity contribution < 1.29 is 28.6 Å². The molecule has 1 aromatic carbocycles. The van der Waals surface area contributed by atoms with Gasteiger partial charge < -0.3 is 14.2 Å². The molecule has 1 aromatic rings. The van der Waals surface area contributed by atoms with Crippen LogP contribution in [0, 0.1) is 0 Å². The first-order valence-electron chi connectivity index (χ1n) is 9.34. The fourth-order valence-corrected chi connectivity index (χ4v) is 4.11. The molecule has 0 bridgehead atoms. The number of esters is 1. The van der Waals surface area contributed by atoms with Crippen molar-refractivity contribution in [3.05, 3.63) is 27.1 Å². The molecule has 0 spiro atoms. The summed E-state index contributed by atoms with van der Waals surface area (Å²) in [5.74, 6) is -0.000876. The summed E-state index contributed by atoms with van der Waals surface area (Å²) < 4.78 is 16.6. The van der Waals surface area contributed by atoms with E-state index in [1.54, 1.807) is 25.1 Å². The zero-order chi connectivity index (χ0) is 21.6. The van der Waals surface area contributed by atoms with E-state index in [1.165, 1.54) is 4.90 Å². The summed E-state index contributed by atoms with van der Waals surface area (Å²) in [6.45, 7) is 7.73. The lowest BCUT2D eigenvalue weighted by molar-refractivity contribution is -0.145. The SMILES string of the molecule is CCOC(=O)COc1c(Br)cc(/C=C2/SC(=O)N([C@H](C)CC)C2=O)cc1OCC. The van der Waals surface area contributed by atoms with E-state index in [4.69, 9.17) is 14.2 Å². The Kier molecular flexibility index (Phi) is 8.58. The van der Waals surface area contributed by atoms with Crippen molar-refractivity contribution in [2.75, 3.05) is 19.8 Å². The zero-order valence-corrected chi connectivity index (χ0v) is 19.2. The molecule has 0 saturated carbocycles. The number of halogens is 1. The Bertz CT molecular complexity index is 825. The van der Waals surface area contributed by atoms with Gasteiger partial charge in [-0.1, -0.05) is 6.92 Å². The van der Waals surface area contributed by atoms with Gasteiger partial charge in [0.15, 0.2) is 18.1 Å². The van der Waals surface area contributed by atoms with E-state index in [1.807, 2.05) is 20.8 Å². The number of hydrogen-bond donors (Lipinski definition) is 0. The standard InChI is InChI=1S/C20H24BrNO6S/c1-5-12(4)22-19(24)16(29-20(22)25)10-13-8-14(21)18(15(9-13)26-6-2)28-11-17(23)27-7-3/h8-10,12H,5-7,11H2,1-4H3/b16-10+/t12-/m1/s1. The van der Waals surface area contributed by atoms with E-state index in [-0.39, 0.29) is 30.4 Å². The molecule has 0 aromatic heterocycles. The van der Waals surface area contributed by atoms with Gasteiger partial charge in [0.1, 0.15) is 0 Å². The predicted molar refractivity (Wildman–Crippen MR) is 115 cm³/mol. The van der Waals surface area contributed by atoms with Crippen LogP contribution >= 0.6 is 27.7 Å². The summed E-state index contributed by atoms with van der Waals surface area (Å²) >= 11 is 4.34. The summed E-state index contributed by atoms with van der Waals surface area (Å²) in [7, 11) is 0. The molecule has 1 aliphatic rings. The number of carbonyl (C=O) groups excluding carboxylic acids is 3. The third kappa shape index (κ3) is 5.76. The van der Waals surface area contributed by atoms with Crippen LogP contribution in [0.5, 0.6) is 11.5 Å². The molecule has 7 nitrogen and oxygen atoms in total. The maximum atomic E-state index is 12.6. The third-order valence-electron chi connectivity index (χ3n) is 4.12. The molecule has 1 atom stereocenters. The van der Waals surface area contributed by atoms with Gasteiger partial charge in [-0.25, -0.2) is 4.79 Å². The summed E-state index contributed by atoms with van der Waals surface area (Å²) in [6, 6.07) is 3.28. The van der Waals surface area contributed by atoms with Gasteiger partial charge in [-0.3, -0.25) is 14.5 Å². The molecule has 2 rings (SSSR count).